The summed E-state index contributed by atoms with van der Waals surface area (Å²) in [7, 11) is 0. The van der Waals surface area contributed by atoms with Crippen molar-refractivity contribution in [2.45, 2.75) is 25.8 Å². The Bertz CT molecular complexity index is 1120. The number of aryl methyl sites for hydroxylation is 1. The molecule has 8 heteroatoms. The zero-order chi connectivity index (χ0) is 18.4. The molecule has 1 aliphatic heterocycles. The Morgan fingerprint density at radius 3 is 3.04 bits per heavy atom. The molecule has 27 heavy (non-hydrogen) atoms. The number of hydrogen-bond donors (Lipinski definition) is 0. The summed E-state index contributed by atoms with van der Waals surface area (Å²) < 4.78 is 6.61. The largest absolute Gasteiger partial charge is 0.344 e. The Balaban J connectivity index is 1.53. The topological polar surface area (TPSA) is 67.9 Å². The highest BCUT2D eigenvalue weighted by molar-refractivity contribution is 9.10. The number of fused-ring (bicyclic) bond motifs is 1. The number of thiophene rings is 1. The van der Waals surface area contributed by atoms with Crippen LogP contribution in [0.25, 0.3) is 21.6 Å². The van der Waals surface area contributed by atoms with Gasteiger partial charge in [-0.05, 0) is 38.0 Å². The van der Waals surface area contributed by atoms with E-state index in [9.17, 15) is 0 Å². The molecule has 0 radical (unpaired) electrons. The van der Waals surface area contributed by atoms with E-state index in [0.717, 1.165) is 45.5 Å². The van der Waals surface area contributed by atoms with Crippen molar-refractivity contribution < 1.29 is 4.52 Å². The standard InChI is InChI=1S/C19H16BrN5OS/c1-11-9-13-17(21-10-22-19(13)27-11)25-8-4-7-15(25)18-23-16(24-26-18)12-5-2-3-6-14(12)20/h2-3,5-6,9-10,15H,4,7-8H2,1H3. The highest BCUT2D eigenvalue weighted by Crippen LogP contribution is 2.39. The number of rotatable bonds is 3. The molecule has 136 valence electrons. The van der Waals surface area contributed by atoms with Gasteiger partial charge >= 0.3 is 0 Å². The fourth-order valence-electron chi connectivity index (χ4n) is 3.59. The Hall–Kier alpha value is -2.32. The van der Waals surface area contributed by atoms with E-state index in [1.54, 1.807) is 17.7 Å². The number of aromatic nitrogens is 4. The second-order valence-corrected chi connectivity index (χ2v) is 8.65. The van der Waals surface area contributed by atoms with Gasteiger partial charge in [0.25, 0.3) is 0 Å². The van der Waals surface area contributed by atoms with Crippen molar-refractivity contribution in [1.29, 1.82) is 0 Å². The lowest BCUT2D eigenvalue weighted by molar-refractivity contribution is 0.355. The molecular weight excluding hydrogens is 426 g/mol. The fraction of sp³-hybridized carbons (Fsp3) is 0.263. The maximum Gasteiger partial charge on any atom is 0.249 e. The second-order valence-electron chi connectivity index (χ2n) is 6.56. The third-order valence-corrected chi connectivity index (χ3v) is 6.45. The van der Waals surface area contributed by atoms with Crippen molar-refractivity contribution >= 4 is 43.3 Å². The Morgan fingerprint density at radius 1 is 1.26 bits per heavy atom. The molecule has 0 aliphatic carbocycles. The molecule has 1 aromatic carbocycles. The summed E-state index contributed by atoms with van der Waals surface area (Å²) in [5.41, 5.74) is 0.926. The zero-order valence-electron chi connectivity index (χ0n) is 14.6. The van der Waals surface area contributed by atoms with Crippen LogP contribution in [-0.2, 0) is 0 Å². The van der Waals surface area contributed by atoms with Gasteiger partial charge in [0.2, 0.25) is 11.7 Å². The number of benzene rings is 1. The van der Waals surface area contributed by atoms with E-state index in [2.05, 4.69) is 48.9 Å². The van der Waals surface area contributed by atoms with Gasteiger partial charge in [-0.25, -0.2) is 9.97 Å². The monoisotopic (exact) mass is 441 g/mol. The molecule has 0 amide bonds. The van der Waals surface area contributed by atoms with Gasteiger partial charge < -0.3 is 9.42 Å². The summed E-state index contributed by atoms with van der Waals surface area (Å²) in [6, 6.07) is 10.1. The molecule has 4 aromatic rings. The molecule has 0 saturated carbocycles. The Morgan fingerprint density at radius 2 is 2.15 bits per heavy atom. The molecule has 0 N–H and O–H groups in total. The van der Waals surface area contributed by atoms with Crippen LogP contribution >= 0.6 is 27.3 Å². The maximum absolute atomic E-state index is 5.66. The van der Waals surface area contributed by atoms with E-state index < -0.39 is 0 Å². The zero-order valence-corrected chi connectivity index (χ0v) is 17.0. The van der Waals surface area contributed by atoms with Crippen LogP contribution in [0.4, 0.5) is 5.82 Å². The van der Waals surface area contributed by atoms with Crippen LogP contribution in [0.15, 0.2) is 45.7 Å². The van der Waals surface area contributed by atoms with Crippen molar-refractivity contribution in [2.75, 3.05) is 11.4 Å². The minimum atomic E-state index is 0.0343. The molecule has 0 bridgehead atoms. The number of nitrogens with zero attached hydrogens (tertiary/aromatic N) is 5. The second kappa shape index (κ2) is 6.69. The van der Waals surface area contributed by atoms with Crippen LogP contribution < -0.4 is 4.90 Å². The molecule has 1 unspecified atom stereocenters. The van der Waals surface area contributed by atoms with Crippen molar-refractivity contribution in [3.8, 4) is 11.4 Å². The van der Waals surface area contributed by atoms with Crippen molar-refractivity contribution in [1.82, 2.24) is 20.1 Å². The minimum absolute atomic E-state index is 0.0343. The predicted octanol–water partition coefficient (Wildman–Crippen LogP) is 5.15. The lowest BCUT2D eigenvalue weighted by Crippen LogP contribution is -2.24. The summed E-state index contributed by atoms with van der Waals surface area (Å²) in [5, 5.41) is 5.31. The molecular formula is C19H16BrN5OS. The van der Waals surface area contributed by atoms with Crippen molar-refractivity contribution in [3.63, 3.8) is 0 Å². The van der Waals surface area contributed by atoms with Gasteiger partial charge in [0.1, 0.15) is 23.0 Å². The van der Waals surface area contributed by atoms with E-state index in [1.807, 2.05) is 24.3 Å². The average molecular weight is 442 g/mol. The van der Waals surface area contributed by atoms with Crippen LogP contribution in [0, 0.1) is 6.92 Å². The molecule has 4 heterocycles. The van der Waals surface area contributed by atoms with Crippen molar-refractivity contribution in [3.05, 3.63) is 51.9 Å². The number of halogens is 1. The third-order valence-electron chi connectivity index (χ3n) is 4.80. The molecule has 1 saturated heterocycles. The smallest absolute Gasteiger partial charge is 0.249 e. The Kier molecular flexibility index (Phi) is 4.17. The quantitative estimate of drug-likeness (QED) is 0.437. The summed E-state index contributed by atoms with van der Waals surface area (Å²) in [5.74, 6) is 2.19. The molecule has 6 nitrogen and oxygen atoms in total. The molecule has 1 fully saturated rings. The number of anilines is 1. The molecule has 1 atom stereocenters. The number of hydrogen-bond acceptors (Lipinski definition) is 7. The van der Waals surface area contributed by atoms with Gasteiger partial charge in [-0.2, -0.15) is 4.98 Å². The maximum atomic E-state index is 5.66. The summed E-state index contributed by atoms with van der Waals surface area (Å²) in [6.45, 7) is 3.01. The minimum Gasteiger partial charge on any atom is -0.344 e. The van der Waals surface area contributed by atoms with Gasteiger partial charge in [0.05, 0.1) is 5.39 Å². The Labute approximate surface area is 168 Å². The summed E-state index contributed by atoms with van der Waals surface area (Å²) in [6.07, 6.45) is 3.67. The van der Waals surface area contributed by atoms with E-state index in [-0.39, 0.29) is 6.04 Å². The van der Waals surface area contributed by atoms with Gasteiger partial charge in [0.15, 0.2) is 0 Å². The lowest BCUT2D eigenvalue weighted by Gasteiger charge is -2.23. The molecule has 0 spiro atoms. The predicted molar refractivity (Wildman–Crippen MR) is 109 cm³/mol. The SMILES string of the molecule is Cc1cc2c(N3CCCC3c3nc(-c4ccccc4Br)no3)ncnc2s1. The molecule has 5 rings (SSSR count). The highest BCUT2D eigenvalue weighted by atomic mass is 79.9. The molecule has 1 aliphatic rings. The highest BCUT2D eigenvalue weighted by Gasteiger charge is 2.33. The van der Waals surface area contributed by atoms with Crippen LogP contribution in [0.5, 0.6) is 0 Å². The van der Waals surface area contributed by atoms with Crippen LogP contribution in [0.3, 0.4) is 0 Å². The normalized spacial score (nSPS) is 17.1. The summed E-state index contributed by atoms with van der Waals surface area (Å²) >= 11 is 5.25. The summed E-state index contributed by atoms with van der Waals surface area (Å²) in [4.78, 5) is 18.2. The van der Waals surface area contributed by atoms with Crippen LogP contribution in [-0.4, -0.2) is 26.7 Å². The van der Waals surface area contributed by atoms with Crippen LogP contribution in [0.1, 0.15) is 29.7 Å². The van der Waals surface area contributed by atoms with Gasteiger partial charge in [-0.15, -0.1) is 11.3 Å². The fourth-order valence-corrected chi connectivity index (χ4v) is 4.90. The lowest BCUT2D eigenvalue weighted by atomic mass is 10.2. The van der Waals surface area contributed by atoms with Gasteiger partial charge in [0, 0.05) is 21.5 Å². The van der Waals surface area contributed by atoms with E-state index >= 15 is 0 Å². The first-order valence-electron chi connectivity index (χ1n) is 8.77. The van der Waals surface area contributed by atoms with Gasteiger partial charge in [-0.1, -0.05) is 33.2 Å². The van der Waals surface area contributed by atoms with Crippen LogP contribution in [0.2, 0.25) is 0 Å². The van der Waals surface area contributed by atoms with E-state index in [0.29, 0.717) is 11.7 Å². The van der Waals surface area contributed by atoms with E-state index in [4.69, 9.17) is 9.51 Å². The van der Waals surface area contributed by atoms with Crippen molar-refractivity contribution in [2.24, 2.45) is 0 Å². The first kappa shape index (κ1) is 16.8. The first-order chi connectivity index (χ1) is 13.2. The molecule has 3 aromatic heterocycles. The van der Waals surface area contributed by atoms with E-state index in [1.165, 1.54) is 4.88 Å². The van der Waals surface area contributed by atoms with Gasteiger partial charge in [-0.3, -0.25) is 0 Å². The average Bonchev–Trinajstić information content (AvgIpc) is 3.39. The third kappa shape index (κ3) is 2.93. The first-order valence-corrected chi connectivity index (χ1v) is 10.4.